The molecule has 3 nitrogen and oxygen atoms in total. The van der Waals surface area contributed by atoms with Gasteiger partial charge in [-0.3, -0.25) is 0 Å². The van der Waals surface area contributed by atoms with Crippen LogP contribution in [0.25, 0.3) is 0 Å². The second-order valence-corrected chi connectivity index (χ2v) is 6.59. The number of sulfone groups is 1. The van der Waals surface area contributed by atoms with E-state index in [-0.39, 0.29) is 0 Å². The van der Waals surface area contributed by atoms with Gasteiger partial charge in [0.25, 0.3) is 0 Å². The highest BCUT2D eigenvalue weighted by Gasteiger charge is 2.08. The Morgan fingerprint density at radius 1 is 0.765 bits per heavy atom. The molecule has 0 aromatic carbocycles. The highest BCUT2D eigenvalue weighted by atomic mass is 32.2. The van der Waals surface area contributed by atoms with Crippen LogP contribution < -0.4 is 0 Å². The zero-order chi connectivity index (χ0) is 13.6. The minimum absolute atomic E-state index is 0.319. The molecule has 0 atom stereocenters. The minimum Gasteiger partial charge on any atom is -0.396 e. The van der Waals surface area contributed by atoms with Crippen LogP contribution in [0.5, 0.6) is 0 Å². The van der Waals surface area contributed by atoms with Crippen LogP contribution in [-0.2, 0) is 9.84 Å². The predicted molar refractivity (Wildman–Crippen MR) is 75.1 cm³/mol. The molecule has 0 aromatic heterocycles. The lowest BCUT2D eigenvalue weighted by Gasteiger charge is -2.02. The van der Waals surface area contributed by atoms with Gasteiger partial charge in [-0.25, -0.2) is 8.42 Å². The largest absolute Gasteiger partial charge is 0.396 e. The van der Waals surface area contributed by atoms with Gasteiger partial charge in [-0.1, -0.05) is 46.5 Å². The van der Waals surface area contributed by atoms with Gasteiger partial charge in [0, 0.05) is 6.61 Å². The lowest BCUT2D eigenvalue weighted by Crippen LogP contribution is -2.10. The van der Waals surface area contributed by atoms with Gasteiger partial charge in [0.05, 0.1) is 11.5 Å². The van der Waals surface area contributed by atoms with Crippen molar-refractivity contribution in [3.63, 3.8) is 0 Å². The fourth-order valence-corrected chi connectivity index (χ4v) is 2.74. The molecule has 0 aromatic rings. The van der Waals surface area contributed by atoms with Gasteiger partial charge in [0.1, 0.15) is 9.84 Å². The van der Waals surface area contributed by atoms with Crippen molar-refractivity contribution in [2.45, 2.75) is 65.7 Å². The van der Waals surface area contributed by atoms with Crippen LogP contribution in [0.4, 0.5) is 0 Å². The summed E-state index contributed by atoms with van der Waals surface area (Å²) in [7, 11) is -2.73. The molecule has 1 N–H and O–H groups in total. The normalized spacial score (nSPS) is 10.8. The number of aliphatic hydroxyl groups is 1. The maximum absolute atomic E-state index is 11.4. The molecule has 17 heavy (non-hydrogen) atoms. The number of hydrogen-bond acceptors (Lipinski definition) is 3. The molecule has 0 heterocycles. The van der Waals surface area contributed by atoms with Gasteiger partial charge in [0.15, 0.2) is 0 Å². The lowest BCUT2D eigenvalue weighted by molar-refractivity contribution is 0.295. The van der Waals surface area contributed by atoms with Crippen LogP contribution >= 0.6 is 0 Å². The topological polar surface area (TPSA) is 54.4 Å². The molecular formula is C13H30O3S. The molecule has 0 spiro atoms. The van der Waals surface area contributed by atoms with E-state index in [9.17, 15) is 8.42 Å². The second-order valence-electron chi connectivity index (χ2n) is 4.29. The average molecular weight is 266 g/mol. The molecule has 4 heteroatoms. The van der Waals surface area contributed by atoms with E-state index < -0.39 is 9.84 Å². The summed E-state index contributed by atoms with van der Waals surface area (Å²) in [6.07, 6.45) is 6.80. The maximum Gasteiger partial charge on any atom is 0.150 e. The van der Waals surface area contributed by atoms with Crippen molar-refractivity contribution in [3.8, 4) is 0 Å². The molecule has 0 bridgehead atoms. The Morgan fingerprint density at radius 3 is 1.35 bits per heavy atom. The molecule has 0 fully saturated rings. The van der Waals surface area contributed by atoms with Crippen molar-refractivity contribution in [2.75, 3.05) is 18.1 Å². The number of hydrogen-bond donors (Lipinski definition) is 1. The van der Waals surface area contributed by atoms with Crippen molar-refractivity contribution < 1.29 is 13.5 Å². The Labute approximate surface area is 108 Å². The van der Waals surface area contributed by atoms with E-state index in [0.717, 1.165) is 44.9 Å². The standard InChI is InChI=1S/C10H22O2S.C3H8O/c1-3-5-7-9-13(11,12)10-8-6-4-2;1-2-3-4/h3-10H2,1-2H3;4H,2-3H2,1H3. The summed E-state index contributed by atoms with van der Waals surface area (Å²) in [4.78, 5) is 0. The van der Waals surface area contributed by atoms with Crippen molar-refractivity contribution in [1.29, 1.82) is 0 Å². The second kappa shape index (κ2) is 14.0. The molecular weight excluding hydrogens is 236 g/mol. The monoisotopic (exact) mass is 266 g/mol. The minimum atomic E-state index is -2.73. The van der Waals surface area contributed by atoms with Crippen LogP contribution in [-0.4, -0.2) is 31.6 Å². The maximum atomic E-state index is 11.4. The number of aliphatic hydroxyl groups excluding tert-OH is 1. The average Bonchev–Trinajstić information content (AvgIpc) is 2.30. The number of unbranched alkanes of at least 4 members (excludes halogenated alkanes) is 4. The first kappa shape index (κ1) is 19.3. The summed E-state index contributed by atoms with van der Waals surface area (Å²) in [5, 5.41) is 7.88. The van der Waals surface area contributed by atoms with Gasteiger partial charge in [0.2, 0.25) is 0 Å². The fourth-order valence-electron chi connectivity index (χ4n) is 1.25. The zero-order valence-electron chi connectivity index (χ0n) is 11.7. The Balaban J connectivity index is 0. The quantitative estimate of drug-likeness (QED) is 0.652. The molecule has 0 unspecified atom stereocenters. The third-order valence-electron chi connectivity index (χ3n) is 2.34. The highest BCUT2D eigenvalue weighted by molar-refractivity contribution is 7.91. The van der Waals surface area contributed by atoms with Crippen LogP contribution in [0.1, 0.15) is 65.7 Å². The third kappa shape index (κ3) is 18.5. The SMILES string of the molecule is CCCCCS(=O)(=O)CCCCC.CCCO. The van der Waals surface area contributed by atoms with Gasteiger partial charge in [-0.2, -0.15) is 0 Å². The Hall–Kier alpha value is -0.0900. The summed E-state index contributed by atoms with van der Waals surface area (Å²) in [6.45, 7) is 6.42. The first-order valence-electron chi connectivity index (χ1n) is 6.85. The van der Waals surface area contributed by atoms with Crippen molar-refractivity contribution in [1.82, 2.24) is 0 Å². The Bertz CT molecular complexity index is 205. The molecule has 0 amide bonds. The molecule has 0 aliphatic heterocycles. The van der Waals surface area contributed by atoms with E-state index in [1.54, 1.807) is 0 Å². The molecule has 0 radical (unpaired) electrons. The van der Waals surface area contributed by atoms with Crippen LogP contribution in [0.15, 0.2) is 0 Å². The summed E-state index contributed by atoms with van der Waals surface area (Å²) in [5.74, 6) is 0.787. The van der Waals surface area contributed by atoms with Crippen molar-refractivity contribution in [2.24, 2.45) is 0 Å². The lowest BCUT2D eigenvalue weighted by atomic mass is 10.3. The van der Waals surface area contributed by atoms with Crippen LogP contribution in [0, 0.1) is 0 Å². The highest BCUT2D eigenvalue weighted by Crippen LogP contribution is 2.04. The Kier molecular flexibility index (Phi) is 15.8. The Morgan fingerprint density at radius 2 is 1.12 bits per heavy atom. The molecule has 0 saturated heterocycles. The van der Waals surface area contributed by atoms with E-state index in [4.69, 9.17) is 5.11 Å². The van der Waals surface area contributed by atoms with E-state index >= 15 is 0 Å². The van der Waals surface area contributed by atoms with E-state index in [1.165, 1.54) is 0 Å². The predicted octanol–water partition coefficient (Wildman–Crippen LogP) is 3.17. The molecule has 0 rings (SSSR count). The van der Waals surface area contributed by atoms with Gasteiger partial charge in [-0.05, 0) is 19.3 Å². The van der Waals surface area contributed by atoms with Crippen molar-refractivity contribution in [3.05, 3.63) is 0 Å². The molecule has 0 aliphatic carbocycles. The molecule has 0 saturated carbocycles. The summed E-state index contributed by atoms with van der Waals surface area (Å²) in [5.41, 5.74) is 0. The van der Waals surface area contributed by atoms with E-state index in [2.05, 4.69) is 13.8 Å². The van der Waals surface area contributed by atoms with Gasteiger partial charge in [-0.15, -0.1) is 0 Å². The first-order valence-corrected chi connectivity index (χ1v) is 8.67. The summed E-state index contributed by atoms with van der Waals surface area (Å²) < 4.78 is 22.8. The summed E-state index contributed by atoms with van der Waals surface area (Å²) >= 11 is 0. The van der Waals surface area contributed by atoms with Gasteiger partial charge < -0.3 is 5.11 Å². The first-order chi connectivity index (χ1) is 8.04. The van der Waals surface area contributed by atoms with E-state index in [1.807, 2.05) is 6.92 Å². The van der Waals surface area contributed by atoms with Crippen LogP contribution in [0.3, 0.4) is 0 Å². The zero-order valence-corrected chi connectivity index (χ0v) is 12.6. The third-order valence-corrected chi connectivity index (χ3v) is 4.16. The molecule has 0 aliphatic rings. The van der Waals surface area contributed by atoms with Crippen molar-refractivity contribution >= 4 is 9.84 Å². The molecule has 106 valence electrons. The fraction of sp³-hybridized carbons (Fsp3) is 1.00. The van der Waals surface area contributed by atoms with Gasteiger partial charge >= 0.3 is 0 Å². The van der Waals surface area contributed by atoms with Crippen LogP contribution in [0.2, 0.25) is 0 Å². The van der Waals surface area contributed by atoms with E-state index in [0.29, 0.717) is 18.1 Å². The number of rotatable bonds is 9. The summed E-state index contributed by atoms with van der Waals surface area (Å²) in [6, 6.07) is 0. The smallest absolute Gasteiger partial charge is 0.150 e.